The average Bonchev–Trinajstić information content (AvgIpc) is 2.66. The Balaban J connectivity index is 1.59. The molecular formula is C19H16N4O. The third-order valence-corrected chi connectivity index (χ3v) is 3.26. The Bertz CT molecular complexity index is 815. The number of amides is 1. The first-order chi connectivity index (χ1) is 11.8. The molecular weight excluding hydrogens is 300 g/mol. The van der Waals surface area contributed by atoms with Gasteiger partial charge in [0.25, 0.3) is 5.91 Å². The van der Waals surface area contributed by atoms with Gasteiger partial charge in [-0.15, -0.1) is 0 Å². The van der Waals surface area contributed by atoms with Crippen LogP contribution in [-0.4, -0.2) is 5.91 Å². The fourth-order valence-electron chi connectivity index (χ4n) is 2.01. The van der Waals surface area contributed by atoms with E-state index in [1.54, 1.807) is 24.3 Å². The maximum Gasteiger partial charge on any atom is 0.269 e. The number of rotatable bonds is 5. The van der Waals surface area contributed by atoms with E-state index in [0.29, 0.717) is 11.3 Å². The second-order valence-electron chi connectivity index (χ2n) is 5.03. The van der Waals surface area contributed by atoms with Gasteiger partial charge in [0.2, 0.25) is 0 Å². The Kier molecular flexibility index (Phi) is 4.94. The first-order valence-electron chi connectivity index (χ1n) is 7.49. The van der Waals surface area contributed by atoms with Gasteiger partial charge in [-0.3, -0.25) is 15.6 Å². The number of hydrogen-bond acceptors (Lipinski definition) is 4. The van der Waals surface area contributed by atoms with Gasteiger partial charge in [-0.25, -0.2) is 0 Å². The molecule has 0 aliphatic rings. The zero-order chi connectivity index (χ0) is 16.6. The molecule has 1 amide bonds. The number of carbonyl (C=O) groups excluding carboxylic acids is 1. The minimum atomic E-state index is -0.217. The summed E-state index contributed by atoms with van der Waals surface area (Å²) in [6.45, 7) is 0. The number of hydrogen-bond donors (Lipinski definition) is 2. The SMILES string of the molecule is O=C(NNc1ccccc1)c1ccc(N=Nc2ccccc2)cc1. The van der Waals surface area contributed by atoms with E-state index >= 15 is 0 Å². The zero-order valence-corrected chi connectivity index (χ0v) is 12.9. The highest BCUT2D eigenvalue weighted by atomic mass is 16.2. The van der Waals surface area contributed by atoms with Gasteiger partial charge >= 0.3 is 0 Å². The Labute approximate surface area is 140 Å². The first kappa shape index (κ1) is 15.4. The zero-order valence-electron chi connectivity index (χ0n) is 12.9. The van der Waals surface area contributed by atoms with Crippen molar-refractivity contribution >= 4 is 23.0 Å². The maximum atomic E-state index is 12.1. The van der Waals surface area contributed by atoms with E-state index in [2.05, 4.69) is 21.1 Å². The van der Waals surface area contributed by atoms with Crippen LogP contribution < -0.4 is 10.9 Å². The predicted molar refractivity (Wildman–Crippen MR) is 94.6 cm³/mol. The fourth-order valence-corrected chi connectivity index (χ4v) is 2.01. The van der Waals surface area contributed by atoms with Crippen LogP contribution in [0.25, 0.3) is 0 Å². The van der Waals surface area contributed by atoms with Crippen molar-refractivity contribution < 1.29 is 4.79 Å². The van der Waals surface area contributed by atoms with Gasteiger partial charge in [0.05, 0.1) is 17.1 Å². The summed E-state index contributed by atoms with van der Waals surface area (Å²) in [5, 5.41) is 8.29. The van der Waals surface area contributed by atoms with E-state index in [4.69, 9.17) is 0 Å². The van der Waals surface area contributed by atoms with Gasteiger partial charge in [-0.1, -0.05) is 36.4 Å². The summed E-state index contributed by atoms with van der Waals surface area (Å²) in [6.07, 6.45) is 0. The lowest BCUT2D eigenvalue weighted by Crippen LogP contribution is -2.29. The smallest absolute Gasteiger partial charge is 0.269 e. The van der Waals surface area contributed by atoms with Crippen molar-refractivity contribution in [1.29, 1.82) is 0 Å². The van der Waals surface area contributed by atoms with E-state index in [9.17, 15) is 4.79 Å². The highest BCUT2D eigenvalue weighted by Gasteiger charge is 2.04. The van der Waals surface area contributed by atoms with Crippen molar-refractivity contribution in [1.82, 2.24) is 5.43 Å². The van der Waals surface area contributed by atoms with E-state index < -0.39 is 0 Å². The lowest BCUT2D eigenvalue weighted by atomic mass is 10.2. The van der Waals surface area contributed by atoms with Crippen LogP contribution in [0.15, 0.2) is 95.2 Å². The quantitative estimate of drug-likeness (QED) is 0.521. The summed E-state index contributed by atoms with van der Waals surface area (Å²) in [7, 11) is 0. The van der Waals surface area contributed by atoms with Gasteiger partial charge in [0, 0.05) is 5.56 Å². The van der Waals surface area contributed by atoms with E-state index in [1.807, 2.05) is 60.7 Å². The largest absolute Gasteiger partial charge is 0.298 e. The number of nitrogens with one attached hydrogen (secondary N) is 2. The normalized spacial score (nSPS) is 10.5. The molecule has 24 heavy (non-hydrogen) atoms. The van der Waals surface area contributed by atoms with Crippen LogP contribution in [0.1, 0.15) is 10.4 Å². The van der Waals surface area contributed by atoms with Crippen molar-refractivity contribution in [3.05, 3.63) is 90.5 Å². The van der Waals surface area contributed by atoms with Crippen molar-refractivity contribution in [3.63, 3.8) is 0 Å². The van der Waals surface area contributed by atoms with Gasteiger partial charge < -0.3 is 0 Å². The number of hydrazine groups is 1. The minimum absolute atomic E-state index is 0.217. The monoisotopic (exact) mass is 316 g/mol. The lowest BCUT2D eigenvalue weighted by molar-refractivity contribution is 0.0962. The highest BCUT2D eigenvalue weighted by molar-refractivity contribution is 5.95. The lowest BCUT2D eigenvalue weighted by Gasteiger charge is -2.08. The van der Waals surface area contributed by atoms with E-state index in [1.165, 1.54) is 0 Å². The van der Waals surface area contributed by atoms with Crippen molar-refractivity contribution in [2.75, 3.05) is 5.43 Å². The van der Waals surface area contributed by atoms with Gasteiger partial charge in [0.15, 0.2) is 0 Å². The number of anilines is 1. The highest BCUT2D eigenvalue weighted by Crippen LogP contribution is 2.18. The second kappa shape index (κ2) is 7.69. The van der Waals surface area contributed by atoms with Crippen LogP contribution in [0.3, 0.4) is 0 Å². The predicted octanol–water partition coefficient (Wildman–Crippen LogP) is 4.86. The third-order valence-electron chi connectivity index (χ3n) is 3.26. The molecule has 0 fully saturated rings. The van der Waals surface area contributed by atoms with Crippen LogP contribution >= 0.6 is 0 Å². The van der Waals surface area contributed by atoms with Crippen LogP contribution in [0.4, 0.5) is 17.1 Å². The molecule has 5 heteroatoms. The molecule has 0 aromatic heterocycles. The van der Waals surface area contributed by atoms with Gasteiger partial charge in [-0.2, -0.15) is 10.2 Å². The summed E-state index contributed by atoms with van der Waals surface area (Å²) in [5.41, 5.74) is 8.34. The third kappa shape index (κ3) is 4.27. The molecule has 0 heterocycles. The summed E-state index contributed by atoms with van der Waals surface area (Å²) in [4.78, 5) is 12.1. The van der Waals surface area contributed by atoms with Crippen LogP contribution in [0.2, 0.25) is 0 Å². The standard InChI is InChI=1S/C19H16N4O/c24-19(23-22-17-9-5-2-6-10-17)15-11-13-18(14-12-15)21-20-16-7-3-1-4-8-16/h1-14,22H,(H,23,24). The number of para-hydroxylation sites is 1. The summed E-state index contributed by atoms with van der Waals surface area (Å²) in [6, 6.07) is 25.8. The average molecular weight is 316 g/mol. The van der Waals surface area contributed by atoms with Crippen LogP contribution in [0.5, 0.6) is 0 Å². The van der Waals surface area contributed by atoms with Crippen LogP contribution in [-0.2, 0) is 0 Å². The molecule has 3 aromatic rings. The molecule has 3 rings (SSSR count). The molecule has 0 saturated carbocycles. The number of nitrogens with zero attached hydrogens (tertiary/aromatic N) is 2. The Morgan fingerprint density at radius 2 is 1.21 bits per heavy atom. The molecule has 3 aromatic carbocycles. The molecule has 0 atom stereocenters. The summed E-state index contributed by atoms with van der Waals surface area (Å²) >= 11 is 0. The number of azo groups is 1. The van der Waals surface area contributed by atoms with E-state index in [-0.39, 0.29) is 5.91 Å². The number of benzene rings is 3. The molecule has 0 spiro atoms. The van der Waals surface area contributed by atoms with Crippen molar-refractivity contribution in [2.45, 2.75) is 0 Å². The number of carbonyl (C=O) groups is 1. The maximum absolute atomic E-state index is 12.1. The molecule has 0 unspecified atom stereocenters. The minimum Gasteiger partial charge on any atom is -0.298 e. The Morgan fingerprint density at radius 3 is 1.83 bits per heavy atom. The van der Waals surface area contributed by atoms with Crippen molar-refractivity contribution in [2.24, 2.45) is 10.2 Å². The molecule has 2 N–H and O–H groups in total. The molecule has 0 aliphatic heterocycles. The summed E-state index contributed by atoms with van der Waals surface area (Å²) < 4.78 is 0. The van der Waals surface area contributed by atoms with Gasteiger partial charge in [-0.05, 0) is 48.5 Å². The summed E-state index contributed by atoms with van der Waals surface area (Å²) in [5.74, 6) is -0.217. The molecule has 118 valence electrons. The first-order valence-corrected chi connectivity index (χ1v) is 7.49. The molecule has 0 aliphatic carbocycles. The molecule has 5 nitrogen and oxygen atoms in total. The fraction of sp³-hybridized carbons (Fsp3) is 0. The van der Waals surface area contributed by atoms with E-state index in [0.717, 1.165) is 11.4 Å². The molecule has 0 saturated heterocycles. The second-order valence-corrected chi connectivity index (χ2v) is 5.03. The van der Waals surface area contributed by atoms with Crippen LogP contribution in [0, 0.1) is 0 Å². The Hall–Kier alpha value is -3.47. The topological polar surface area (TPSA) is 65.8 Å². The van der Waals surface area contributed by atoms with Gasteiger partial charge in [0.1, 0.15) is 0 Å². The molecule has 0 bridgehead atoms. The molecule has 0 radical (unpaired) electrons. The van der Waals surface area contributed by atoms with Crippen molar-refractivity contribution in [3.8, 4) is 0 Å². The Morgan fingerprint density at radius 1 is 0.667 bits per heavy atom.